The fourth-order valence-electron chi connectivity index (χ4n) is 19.6. The van der Waals surface area contributed by atoms with Crippen molar-refractivity contribution in [3.05, 3.63) is 320 Å². The maximum atomic E-state index is 4.96. The smallest absolute Gasteiger partial charge is 0.125 e. The molecular weight excluding hydrogens is 1370 g/mol. The number of aryl methyl sites for hydroxylation is 14. The van der Waals surface area contributed by atoms with Gasteiger partial charge in [-0.05, 0) is 360 Å². The zero-order valence-corrected chi connectivity index (χ0v) is 68.3. The number of allylic oxidation sites excluding steroid dienone is 8. The Hall–Kier alpha value is -12.5. The minimum atomic E-state index is 0.129. The van der Waals surface area contributed by atoms with E-state index in [1.165, 1.54) is 194 Å². The molecule has 8 nitrogen and oxygen atoms in total. The fraction of sp³-hybridized carbons (Fsp3) is 0.200. The Labute approximate surface area is 663 Å². The minimum Gasteiger partial charge on any atom is -0.341 e. The fourth-order valence-corrected chi connectivity index (χ4v) is 19.6. The molecule has 1 unspecified atom stereocenters. The first-order chi connectivity index (χ1) is 54.5. The van der Waals surface area contributed by atoms with Crippen molar-refractivity contribution >= 4 is 65.7 Å². The third kappa shape index (κ3) is 12.0. The lowest BCUT2D eigenvalue weighted by molar-refractivity contribution is 0.771. The maximum Gasteiger partial charge on any atom is 0.125 e. The molecule has 6 heterocycles. The standard InChI is InChI=1S/C105H94N8/c1-19-112-94-41-39-78(52-92(94)93-53-90(79-24-20-26-81(47-79)96-56(2)42-58(4)108-68(96)14)91(54-95(93)112)80-25-21-27-82(48-80)97-57(3)43-59(5)109-69(97)15)77-37-33-73-32-35-75(44-87(73)45-77)76-36-34-74-38-40-89(51-88(74)46-76)113-104-64(10)60(6)62(8)98(83-28-22-30-85(49-83)100-66(12)106-55-107-67(100)13)102(104)103-99(63(9)61(7)65(11)105(103)113)84-29-23-31-86(50-84)101-70(16)110-72(18)111-71(101)17/h20-50,52-55,88H,19,51H2,1-18H3. The first kappa shape index (κ1) is 72.0. The van der Waals surface area contributed by atoms with Crippen LogP contribution in [0.3, 0.4) is 0 Å². The van der Waals surface area contributed by atoms with Gasteiger partial charge in [0.15, 0.2) is 0 Å². The van der Waals surface area contributed by atoms with Crippen LogP contribution in [0.2, 0.25) is 0 Å². The van der Waals surface area contributed by atoms with Crippen molar-refractivity contribution in [2.75, 3.05) is 0 Å². The zero-order valence-electron chi connectivity index (χ0n) is 68.3. The van der Waals surface area contributed by atoms with Crippen molar-refractivity contribution in [1.82, 2.24) is 39.0 Å². The van der Waals surface area contributed by atoms with E-state index in [-0.39, 0.29) is 5.92 Å². The third-order valence-electron chi connectivity index (χ3n) is 25.1. The molecule has 0 spiro atoms. The van der Waals surface area contributed by atoms with E-state index in [0.717, 1.165) is 92.2 Å². The van der Waals surface area contributed by atoms with Crippen molar-refractivity contribution in [3.8, 4) is 100 Å². The van der Waals surface area contributed by atoms with E-state index < -0.39 is 0 Å². The predicted molar refractivity (Wildman–Crippen MR) is 476 cm³/mol. The Bertz CT molecular complexity index is 6860. The zero-order chi connectivity index (χ0) is 78.4. The van der Waals surface area contributed by atoms with Crippen LogP contribution in [0.4, 0.5) is 0 Å². The molecule has 0 saturated heterocycles. The highest BCUT2D eigenvalue weighted by atomic mass is 15.0. The molecule has 0 N–H and O–H groups in total. The van der Waals surface area contributed by atoms with E-state index in [1.807, 2.05) is 6.92 Å². The number of fused-ring (bicyclic) bond motifs is 8. The normalized spacial score (nSPS) is 13.6. The van der Waals surface area contributed by atoms with Gasteiger partial charge in [0.05, 0.1) is 11.0 Å². The molecule has 0 fully saturated rings. The van der Waals surface area contributed by atoms with Crippen LogP contribution in [0.25, 0.3) is 166 Å². The minimum absolute atomic E-state index is 0.129. The van der Waals surface area contributed by atoms with Crippen molar-refractivity contribution in [2.24, 2.45) is 5.92 Å². The SMILES string of the molecule is CCn1c2ccc(-c3ccc4ccc(C5=CC6CC(n7c8c(C)c(C)c(C)c(-c9cccc(-c%10c(C)ncnc%10C)c9)c8c8c(-c9cccc(-c%10c(C)nc(C)nc%10C)c9)c(C)c(C)c(C)c87)=CC=C6C=C5)cc4c3)cc2c2cc(-c3cccc(-c4c(C)cc(C)nc4C)c3)c(-c3cccc(-c4c(C)cc(C)nc4C)c3)cc21. The number of pyridine rings is 2. The Balaban J connectivity index is 0.748. The van der Waals surface area contributed by atoms with Gasteiger partial charge in [-0.3, -0.25) is 9.97 Å². The molecule has 18 rings (SSSR count). The van der Waals surface area contributed by atoms with E-state index in [4.69, 9.17) is 29.9 Å². The highest BCUT2D eigenvalue weighted by Gasteiger charge is 2.32. The summed E-state index contributed by atoms with van der Waals surface area (Å²) in [5.74, 6) is 0.916. The molecule has 6 aromatic heterocycles. The first-order valence-electron chi connectivity index (χ1n) is 39.9. The van der Waals surface area contributed by atoms with E-state index >= 15 is 0 Å². The van der Waals surface area contributed by atoms with Crippen LogP contribution >= 0.6 is 0 Å². The van der Waals surface area contributed by atoms with E-state index in [1.54, 1.807) is 6.33 Å². The summed E-state index contributed by atoms with van der Waals surface area (Å²) in [6.07, 6.45) is 14.6. The van der Waals surface area contributed by atoms with Crippen LogP contribution in [0.5, 0.6) is 0 Å². The molecular formula is C105H94N8. The number of benzene rings is 10. The molecule has 1 atom stereocenters. The number of rotatable bonds is 12. The molecule has 0 bridgehead atoms. The molecule has 554 valence electrons. The number of hydrogen-bond donors (Lipinski definition) is 0. The quantitative estimate of drug-likeness (QED) is 0.121. The second-order valence-electron chi connectivity index (χ2n) is 32.2. The highest BCUT2D eigenvalue weighted by molar-refractivity contribution is 6.24. The molecule has 16 aromatic rings. The molecule has 0 saturated carbocycles. The van der Waals surface area contributed by atoms with Gasteiger partial charge < -0.3 is 9.13 Å². The molecule has 0 radical (unpaired) electrons. The summed E-state index contributed by atoms with van der Waals surface area (Å²) in [5, 5.41) is 7.44. The monoisotopic (exact) mass is 1470 g/mol. The van der Waals surface area contributed by atoms with Gasteiger partial charge in [-0.2, -0.15) is 0 Å². The van der Waals surface area contributed by atoms with Crippen molar-refractivity contribution < 1.29 is 0 Å². The summed E-state index contributed by atoms with van der Waals surface area (Å²) in [6.45, 7) is 40.4. The molecule has 2 aliphatic carbocycles. The van der Waals surface area contributed by atoms with E-state index in [0.29, 0.717) is 0 Å². The summed E-state index contributed by atoms with van der Waals surface area (Å²) in [7, 11) is 0. The molecule has 8 heteroatoms. The van der Waals surface area contributed by atoms with E-state index in [9.17, 15) is 0 Å². The number of nitrogens with zero attached hydrogens (tertiary/aromatic N) is 8. The average molecular weight is 1470 g/mol. The Kier molecular flexibility index (Phi) is 17.7. The van der Waals surface area contributed by atoms with Crippen molar-refractivity contribution in [3.63, 3.8) is 0 Å². The van der Waals surface area contributed by atoms with Crippen LogP contribution in [0.15, 0.2) is 218 Å². The third-order valence-corrected chi connectivity index (χ3v) is 25.1. The van der Waals surface area contributed by atoms with Gasteiger partial charge in [0.25, 0.3) is 0 Å². The molecule has 0 aliphatic heterocycles. The van der Waals surface area contributed by atoms with Crippen LogP contribution in [-0.4, -0.2) is 39.0 Å². The topological polar surface area (TPSA) is 87.2 Å². The summed E-state index contributed by atoms with van der Waals surface area (Å²) in [5.41, 5.74) is 49.3. The second-order valence-corrected chi connectivity index (χ2v) is 32.2. The van der Waals surface area contributed by atoms with Gasteiger partial charge in [0, 0.05) is 119 Å². The highest BCUT2D eigenvalue weighted by Crippen LogP contribution is 2.53. The van der Waals surface area contributed by atoms with Crippen molar-refractivity contribution in [2.45, 2.75) is 138 Å². The largest absolute Gasteiger partial charge is 0.341 e. The molecule has 10 aromatic carbocycles. The Morgan fingerprint density at radius 1 is 0.354 bits per heavy atom. The summed E-state index contributed by atoms with van der Waals surface area (Å²) in [6, 6.07) is 67.1. The van der Waals surface area contributed by atoms with Crippen LogP contribution in [0.1, 0.15) is 115 Å². The lowest BCUT2D eigenvalue weighted by atomic mass is 9.82. The average Bonchev–Trinajstić information content (AvgIpc) is 1.54. The van der Waals surface area contributed by atoms with Gasteiger partial charge in [0.2, 0.25) is 0 Å². The molecule has 2 aliphatic rings. The first-order valence-corrected chi connectivity index (χ1v) is 39.9. The van der Waals surface area contributed by atoms with Gasteiger partial charge in [-0.25, -0.2) is 19.9 Å². The lowest BCUT2D eigenvalue weighted by Gasteiger charge is -2.27. The summed E-state index contributed by atoms with van der Waals surface area (Å²) >= 11 is 0. The number of hydrogen-bond acceptors (Lipinski definition) is 6. The maximum absolute atomic E-state index is 4.96. The van der Waals surface area contributed by atoms with Gasteiger partial charge in [0.1, 0.15) is 12.2 Å². The number of aromatic nitrogens is 8. The Morgan fingerprint density at radius 3 is 1.35 bits per heavy atom. The predicted octanol–water partition coefficient (Wildman–Crippen LogP) is 27.1. The van der Waals surface area contributed by atoms with Crippen molar-refractivity contribution in [1.29, 1.82) is 0 Å². The lowest BCUT2D eigenvalue weighted by Crippen LogP contribution is -2.12. The Morgan fingerprint density at radius 2 is 0.805 bits per heavy atom. The second kappa shape index (κ2) is 27.7. The summed E-state index contributed by atoms with van der Waals surface area (Å²) < 4.78 is 5.20. The molecule has 113 heavy (non-hydrogen) atoms. The van der Waals surface area contributed by atoms with Crippen LogP contribution < -0.4 is 0 Å². The van der Waals surface area contributed by atoms with Crippen LogP contribution in [0, 0.1) is 124 Å². The van der Waals surface area contributed by atoms with Gasteiger partial charge in [-0.1, -0.05) is 127 Å². The van der Waals surface area contributed by atoms with Crippen LogP contribution in [-0.2, 0) is 6.54 Å². The molecule has 0 amide bonds. The van der Waals surface area contributed by atoms with E-state index in [2.05, 4.69) is 333 Å². The van der Waals surface area contributed by atoms with Gasteiger partial charge in [-0.15, -0.1) is 0 Å². The summed E-state index contributed by atoms with van der Waals surface area (Å²) in [4.78, 5) is 29.1. The van der Waals surface area contributed by atoms with Gasteiger partial charge >= 0.3 is 0 Å².